The minimum atomic E-state index is -0.281. The average molecular weight is 1000 g/mol. The summed E-state index contributed by atoms with van der Waals surface area (Å²) >= 11 is 0. The molecule has 10 aromatic carbocycles. The Hall–Kier alpha value is -8.92. The Morgan fingerprint density at radius 3 is 1.47 bits per heavy atom. The van der Waals surface area contributed by atoms with Crippen molar-refractivity contribution in [2.75, 3.05) is 9.80 Å². The molecule has 78 heavy (non-hydrogen) atoms. The van der Waals surface area contributed by atoms with Gasteiger partial charge in [0.25, 0.3) is 0 Å². The maximum atomic E-state index is 2.55. The lowest BCUT2D eigenvalue weighted by molar-refractivity contribution is 0.630. The minimum Gasteiger partial charge on any atom is -0.314 e. The zero-order valence-corrected chi connectivity index (χ0v) is 45.3. The van der Waals surface area contributed by atoms with E-state index in [1.54, 1.807) is 0 Å². The Bertz CT molecular complexity index is 4330. The van der Waals surface area contributed by atoms with E-state index in [-0.39, 0.29) is 16.2 Å². The van der Waals surface area contributed by atoms with Crippen LogP contribution in [0.1, 0.15) is 93.3 Å². The lowest BCUT2D eigenvalue weighted by Gasteiger charge is -2.36. The molecule has 0 unspecified atom stereocenters. The highest BCUT2D eigenvalue weighted by atomic mass is 15.2. The number of anilines is 5. The van der Waals surface area contributed by atoms with Crippen LogP contribution in [-0.4, -0.2) is 4.57 Å². The van der Waals surface area contributed by atoms with Crippen molar-refractivity contribution in [3.63, 3.8) is 0 Å². The van der Waals surface area contributed by atoms with Crippen molar-refractivity contribution in [3.8, 4) is 39.1 Å². The van der Waals surface area contributed by atoms with Crippen LogP contribution in [0.25, 0.3) is 66.4 Å². The van der Waals surface area contributed by atoms with E-state index in [0.29, 0.717) is 0 Å². The van der Waals surface area contributed by atoms with Crippen LogP contribution in [0.15, 0.2) is 242 Å². The summed E-state index contributed by atoms with van der Waals surface area (Å²) in [5, 5.41) is 2.48. The third-order valence-corrected chi connectivity index (χ3v) is 18.3. The van der Waals surface area contributed by atoms with Crippen LogP contribution in [0.3, 0.4) is 0 Å². The van der Waals surface area contributed by atoms with E-state index >= 15 is 0 Å². The topological polar surface area (TPSA) is 11.4 Å². The fourth-order valence-electron chi connectivity index (χ4n) is 14.2. The van der Waals surface area contributed by atoms with E-state index in [2.05, 4.69) is 293 Å². The molecule has 3 nitrogen and oxygen atoms in total. The number of aromatic nitrogens is 1. The molecule has 1 aromatic heterocycles. The molecule has 0 saturated carbocycles. The summed E-state index contributed by atoms with van der Waals surface area (Å²) in [6, 6.07) is 84.3. The molecule has 0 bridgehead atoms. The van der Waals surface area contributed by atoms with Crippen LogP contribution in [-0.2, 0) is 16.2 Å². The van der Waals surface area contributed by atoms with Crippen LogP contribution in [0, 0.1) is 0 Å². The Kier molecular flexibility index (Phi) is 10.1. The highest BCUT2D eigenvalue weighted by Gasteiger charge is 2.39. The fraction of sp³-hybridized carbons (Fsp3) is 0.147. The molecule has 0 fully saturated rings. The lowest BCUT2D eigenvalue weighted by Crippen LogP contribution is -2.26. The van der Waals surface area contributed by atoms with Gasteiger partial charge in [0.2, 0.25) is 0 Å². The van der Waals surface area contributed by atoms with Crippen LogP contribution in [0.4, 0.5) is 28.4 Å². The zero-order chi connectivity index (χ0) is 52.7. The molecule has 0 radical (unpaired) electrons. The van der Waals surface area contributed by atoms with E-state index in [1.165, 1.54) is 111 Å². The number of fused-ring (bicyclic) bond motifs is 11. The van der Waals surface area contributed by atoms with Gasteiger partial charge >= 0.3 is 0 Å². The molecule has 0 spiro atoms. The molecule has 0 amide bonds. The van der Waals surface area contributed by atoms with Gasteiger partial charge in [0.05, 0.1) is 16.7 Å². The van der Waals surface area contributed by atoms with E-state index in [1.807, 2.05) is 0 Å². The number of benzene rings is 10. The molecule has 1 aliphatic heterocycles. The van der Waals surface area contributed by atoms with Crippen molar-refractivity contribution in [3.05, 3.63) is 281 Å². The predicted molar refractivity (Wildman–Crippen MR) is 328 cm³/mol. The number of rotatable bonds is 8. The molecule has 0 atom stereocenters. The quantitative estimate of drug-likeness (QED) is 0.150. The maximum absolute atomic E-state index is 2.55. The second-order valence-electron chi connectivity index (χ2n) is 23.7. The first-order valence-electron chi connectivity index (χ1n) is 27.9. The van der Waals surface area contributed by atoms with E-state index in [9.17, 15) is 0 Å². The number of nitrogens with zero attached hydrogens (tertiary/aromatic N) is 3. The highest BCUT2D eigenvalue weighted by molar-refractivity contribution is 6.14. The summed E-state index contributed by atoms with van der Waals surface area (Å²) in [5.41, 5.74) is 29.2. The first kappa shape index (κ1) is 46.4. The Morgan fingerprint density at radius 2 is 0.833 bits per heavy atom. The number of allylic oxidation sites excluding steroid dienone is 4. The van der Waals surface area contributed by atoms with Crippen LogP contribution >= 0.6 is 0 Å². The van der Waals surface area contributed by atoms with Crippen LogP contribution in [0.2, 0.25) is 0 Å². The summed E-state index contributed by atoms with van der Waals surface area (Å²) < 4.78 is 2.55. The van der Waals surface area contributed by atoms with Crippen molar-refractivity contribution in [2.45, 2.75) is 70.6 Å². The smallest absolute Gasteiger partial charge is 0.0583 e. The number of hydrogen-bond acceptors (Lipinski definition) is 2. The molecule has 3 aliphatic carbocycles. The molecule has 3 heteroatoms. The van der Waals surface area contributed by atoms with Crippen LogP contribution in [0.5, 0.6) is 0 Å². The van der Waals surface area contributed by atoms with E-state index < -0.39 is 0 Å². The summed E-state index contributed by atoms with van der Waals surface area (Å²) in [7, 11) is 0. The summed E-state index contributed by atoms with van der Waals surface area (Å²) in [5.74, 6) is 0. The van der Waals surface area contributed by atoms with Crippen molar-refractivity contribution in [1.82, 2.24) is 4.57 Å². The molecular weight excluding hydrogens is 943 g/mol. The molecule has 2 heterocycles. The summed E-state index contributed by atoms with van der Waals surface area (Å²) in [4.78, 5) is 4.96. The predicted octanol–water partition coefficient (Wildman–Crippen LogP) is 20.1. The molecular formula is C75H61N3. The summed E-state index contributed by atoms with van der Waals surface area (Å²) in [6.45, 7) is 14.3. The molecule has 0 N–H and O–H groups in total. The summed E-state index contributed by atoms with van der Waals surface area (Å²) in [6.07, 6.45) is 6.63. The molecule has 0 saturated heterocycles. The van der Waals surface area contributed by atoms with Crippen LogP contribution < -0.4 is 9.80 Å². The average Bonchev–Trinajstić information content (AvgIpc) is 4.15. The minimum absolute atomic E-state index is 0.0377. The second kappa shape index (κ2) is 17.0. The van der Waals surface area contributed by atoms with Gasteiger partial charge in [-0.05, 0) is 182 Å². The second-order valence-corrected chi connectivity index (χ2v) is 23.7. The van der Waals surface area contributed by atoms with Crippen molar-refractivity contribution in [1.29, 1.82) is 0 Å². The highest BCUT2D eigenvalue weighted by Crippen LogP contribution is 2.54. The fourth-order valence-corrected chi connectivity index (χ4v) is 14.2. The lowest BCUT2D eigenvalue weighted by atomic mass is 9.74. The molecule has 11 aromatic rings. The molecule has 376 valence electrons. The van der Waals surface area contributed by atoms with E-state index in [4.69, 9.17) is 0 Å². The van der Waals surface area contributed by atoms with Crippen molar-refractivity contribution >= 4 is 55.8 Å². The Labute approximate surface area is 458 Å². The number of hydrogen-bond donors (Lipinski definition) is 0. The van der Waals surface area contributed by atoms with Gasteiger partial charge in [0, 0.05) is 61.2 Å². The van der Waals surface area contributed by atoms with Crippen molar-refractivity contribution < 1.29 is 0 Å². The number of para-hydroxylation sites is 3. The largest absolute Gasteiger partial charge is 0.314 e. The Morgan fingerprint density at radius 1 is 0.333 bits per heavy atom. The van der Waals surface area contributed by atoms with Gasteiger partial charge in [0.15, 0.2) is 0 Å². The zero-order valence-electron chi connectivity index (χ0n) is 45.3. The van der Waals surface area contributed by atoms with Gasteiger partial charge in [0.1, 0.15) is 0 Å². The maximum Gasteiger partial charge on any atom is 0.0583 e. The van der Waals surface area contributed by atoms with Gasteiger partial charge in [-0.1, -0.05) is 187 Å². The van der Waals surface area contributed by atoms with Crippen molar-refractivity contribution in [2.24, 2.45) is 0 Å². The first-order chi connectivity index (χ1) is 37.9. The van der Waals surface area contributed by atoms with Gasteiger partial charge in [-0.3, -0.25) is 0 Å². The van der Waals surface area contributed by atoms with Gasteiger partial charge in [-0.2, -0.15) is 0 Å². The Balaban J connectivity index is 0.865. The normalized spacial score (nSPS) is 15.7. The monoisotopic (exact) mass is 1000 g/mol. The van der Waals surface area contributed by atoms with Gasteiger partial charge in [-0.15, -0.1) is 0 Å². The molecule has 4 aliphatic rings. The standard InChI is InChI=1S/C75H61N3/c1-73(2)64-25-15-13-23-58(64)60-40-33-50(43-67(60)73)48-29-35-54(36-30-48)76(52-19-9-7-10-20-52)56-39-42-70-62(45-56)63-46-57(47-69-72(63)78(70)71-28-18-17-27-66(71)75(69,5)6)77(53-21-11-8-12-22-53)55-37-31-49(32-38-55)51-34-41-61-59-24-14-16-26-65(59)74(3,4)68(61)44-51/h7-29,31-35,37-47H,30,36H2,1-6H3. The first-order valence-corrected chi connectivity index (χ1v) is 27.9. The van der Waals surface area contributed by atoms with Gasteiger partial charge in [-0.25, -0.2) is 0 Å². The third kappa shape index (κ3) is 6.83. The van der Waals surface area contributed by atoms with Gasteiger partial charge < -0.3 is 14.4 Å². The molecule has 15 rings (SSSR count). The van der Waals surface area contributed by atoms with E-state index in [0.717, 1.165) is 41.3 Å². The third-order valence-electron chi connectivity index (χ3n) is 18.3. The SMILES string of the molecule is CC1(C)c2ccccc2-c2ccc(C3=CC=C(N(c4ccccc4)c4ccc5c(c4)c4cc(N(c6ccccc6)c6ccc(-c7ccc8c(c7)C(C)(C)c7ccccc7-8)cc6)cc6c4n5-c4ccccc4C6(C)C)CC3)cc21.